The van der Waals surface area contributed by atoms with Crippen molar-refractivity contribution in [3.05, 3.63) is 78.4 Å². The number of anilines is 1. The number of ether oxygens (including phenoxy) is 2. The Kier molecular flexibility index (Phi) is 9.66. The smallest absolute Gasteiger partial charge is 0.264 e. The topological polar surface area (TPSA) is 84.9 Å². The normalized spacial score (nSPS) is 12.0. The van der Waals surface area contributed by atoms with E-state index in [4.69, 9.17) is 9.47 Å². The van der Waals surface area contributed by atoms with Crippen molar-refractivity contribution in [1.29, 1.82) is 0 Å². The Labute approximate surface area is 217 Å². The van der Waals surface area contributed by atoms with Crippen LogP contribution in [-0.2, 0) is 14.8 Å². The number of carbonyl (C=O) groups excluding carboxylic acids is 1. The van der Waals surface area contributed by atoms with Gasteiger partial charge in [-0.1, -0.05) is 24.3 Å². The van der Waals surface area contributed by atoms with E-state index >= 15 is 0 Å². The first kappa shape index (κ1) is 27.4. The van der Waals surface area contributed by atoms with Crippen molar-refractivity contribution >= 4 is 33.4 Å². The van der Waals surface area contributed by atoms with Gasteiger partial charge < -0.3 is 14.8 Å². The summed E-state index contributed by atoms with van der Waals surface area (Å²) in [5.41, 5.74) is 1.18. The quantitative estimate of drug-likeness (QED) is 0.322. The van der Waals surface area contributed by atoms with E-state index in [1.807, 2.05) is 51.3 Å². The van der Waals surface area contributed by atoms with E-state index in [1.165, 1.54) is 11.8 Å². The lowest BCUT2D eigenvalue weighted by Crippen LogP contribution is -2.41. The molecule has 1 amide bonds. The minimum absolute atomic E-state index is 0.0963. The Morgan fingerprint density at radius 3 is 2.19 bits per heavy atom. The van der Waals surface area contributed by atoms with Gasteiger partial charge in [0, 0.05) is 4.90 Å². The van der Waals surface area contributed by atoms with Crippen LogP contribution in [0.1, 0.15) is 32.4 Å². The molecule has 9 heteroatoms. The molecule has 0 radical (unpaired) electrons. The summed E-state index contributed by atoms with van der Waals surface area (Å²) < 4.78 is 39.8. The molecule has 0 unspecified atom stereocenters. The zero-order valence-electron chi connectivity index (χ0n) is 20.9. The van der Waals surface area contributed by atoms with Crippen molar-refractivity contribution in [1.82, 2.24) is 5.32 Å². The first-order valence-corrected chi connectivity index (χ1v) is 14.4. The molecular weight excluding hydrogens is 496 g/mol. The zero-order valence-corrected chi connectivity index (χ0v) is 22.6. The Morgan fingerprint density at radius 2 is 1.58 bits per heavy atom. The molecular formula is C27H32N2O5S2. The van der Waals surface area contributed by atoms with Gasteiger partial charge in [-0.2, -0.15) is 0 Å². The maximum absolute atomic E-state index is 13.7. The van der Waals surface area contributed by atoms with Crippen LogP contribution in [0.2, 0.25) is 0 Å². The average Bonchev–Trinajstić information content (AvgIpc) is 2.88. The number of hydrogen-bond acceptors (Lipinski definition) is 6. The number of nitrogens with zero attached hydrogens (tertiary/aromatic N) is 1. The Morgan fingerprint density at radius 1 is 0.944 bits per heavy atom. The number of nitrogens with one attached hydrogen (secondary N) is 1. The molecule has 0 fully saturated rings. The van der Waals surface area contributed by atoms with Crippen LogP contribution >= 0.6 is 11.8 Å². The molecule has 0 spiro atoms. The minimum Gasteiger partial charge on any atom is -0.494 e. The summed E-state index contributed by atoms with van der Waals surface area (Å²) in [5.74, 6) is 0.695. The molecule has 0 bridgehead atoms. The first-order chi connectivity index (χ1) is 17.3. The van der Waals surface area contributed by atoms with Crippen molar-refractivity contribution < 1.29 is 22.7 Å². The third kappa shape index (κ3) is 6.73. The molecule has 3 rings (SSSR count). The number of carbonyl (C=O) groups is 1. The molecule has 0 saturated heterocycles. The number of sulfonamides is 1. The standard InChI is InChI=1S/C27H32N2O5S2/c1-5-33-22-13-11-21(12-14-22)20(3)28-27(30)19-29(25-9-7-8-10-26(25)34-6-2)36(31,32)24-17-15-23(35-4)16-18-24/h7-18,20H,5-6,19H2,1-4H3,(H,28,30)/t20-/m0/s1. The molecule has 3 aromatic carbocycles. The van der Waals surface area contributed by atoms with Crippen molar-refractivity contribution in [2.45, 2.75) is 36.6 Å². The van der Waals surface area contributed by atoms with Crippen LogP contribution in [-0.4, -0.2) is 40.3 Å². The third-order valence-corrected chi connectivity index (χ3v) is 7.95. The fraction of sp³-hybridized carbons (Fsp3) is 0.296. The van der Waals surface area contributed by atoms with Crippen LogP contribution in [0.15, 0.2) is 82.6 Å². The van der Waals surface area contributed by atoms with Gasteiger partial charge in [-0.3, -0.25) is 9.10 Å². The van der Waals surface area contributed by atoms with Gasteiger partial charge in [-0.15, -0.1) is 11.8 Å². The van der Waals surface area contributed by atoms with Crippen LogP contribution in [0.5, 0.6) is 11.5 Å². The summed E-state index contributed by atoms with van der Waals surface area (Å²) >= 11 is 1.52. The van der Waals surface area contributed by atoms with Crippen LogP contribution in [0.3, 0.4) is 0 Å². The maximum Gasteiger partial charge on any atom is 0.264 e. The summed E-state index contributed by atoms with van der Waals surface area (Å²) in [6, 6.07) is 20.5. The Hall–Kier alpha value is -3.17. The first-order valence-electron chi connectivity index (χ1n) is 11.7. The zero-order chi connectivity index (χ0) is 26.1. The van der Waals surface area contributed by atoms with Gasteiger partial charge in [0.15, 0.2) is 0 Å². The number of para-hydroxylation sites is 2. The van der Waals surface area contributed by atoms with Gasteiger partial charge in [0.05, 0.1) is 29.8 Å². The average molecular weight is 529 g/mol. The summed E-state index contributed by atoms with van der Waals surface area (Å²) in [6.07, 6.45) is 1.92. The second-order valence-electron chi connectivity index (χ2n) is 7.88. The molecule has 0 aliphatic rings. The van der Waals surface area contributed by atoms with Gasteiger partial charge in [0.1, 0.15) is 18.0 Å². The summed E-state index contributed by atoms with van der Waals surface area (Å²) in [6.45, 7) is 6.10. The van der Waals surface area contributed by atoms with Gasteiger partial charge >= 0.3 is 0 Å². The van der Waals surface area contributed by atoms with Crippen molar-refractivity contribution in [3.8, 4) is 11.5 Å². The second-order valence-corrected chi connectivity index (χ2v) is 10.6. The molecule has 192 valence electrons. The van der Waals surface area contributed by atoms with E-state index < -0.39 is 22.5 Å². The van der Waals surface area contributed by atoms with E-state index in [0.29, 0.717) is 24.7 Å². The molecule has 1 atom stereocenters. The molecule has 36 heavy (non-hydrogen) atoms. The van der Waals surface area contributed by atoms with Crippen molar-refractivity contribution in [2.75, 3.05) is 30.3 Å². The molecule has 0 heterocycles. The molecule has 3 aromatic rings. The molecule has 0 saturated carbocycles. The fourth-order valence-electron chi connectivity index (χ4n) is 3.64. The number of benzene rings is 3. The molecule has 0 aliphatic carbocycles. The predicted molar refractivity (Wildman–Crippen MR) is 145 cm³/mol. The lowest BCUT2D eigenvalue weighted by atomic mass is 10.1. The molecule has 7 nitrogen and oxygen atoms in total. The number of thioether (sulfide) groups is 1. The van der Waals surface area contributed by atoms with E-state index in [1.54, 1.807) is 48.5 Å². The lowest BCUT2D eigenvalue weighted by molar-refractivity contribution is -0.120. The maximum atomic E-state index is 13.7. The monoisotopic (exact) mass is 528 g/mol. The highest BCUT2D eigenvalue weighted by Gasteiger charge is 2.30. The lowest BCUT2D eigenvalue weighted by Gasteiger charge is -2.26. The van der Waals surface area contributed by atoms with E-state index in [9.17, 15) is 13.2 Å². The van der Waals surface area contributed by atoms with E-state index in [-0.39, 0.29) is 10.9 Å². The van der Waals surface area contributed by atoms with E-state index in [0.717, 1.165) is 20.5 Å². The van der Waals surface area contributed by atoms with Gasteiger partial charge in [0.2, 0.25) is 5.91 Å². The van der Waals surface area contributed by atoms with Crippen LogP contribution in [0, 0.1) is 0 Å². The summed E-state index contributed by atoms with van der Waals surface area (Å²) in [4.78, 5) is 14.2. The van der Waals surface area contributed by atoms with Gasteiger partial charge in [-0.25, -0.2) is 8.42 Å². The fourth-order valence-corrected chi connectivity index (χ4v) is 5.48. The summed E-state index contributed by atoms with van der Waals surface area (Å²) in [5, 5.41) is 2.91. The van der Waals surface area contributed by atoms with Gasteiger partial charge in [-0.05, 0) is 81.1 Å². The molecule has 1 N–H and O–H groups in total. The highest BCUT2D eigenvalue weighted by molar-refractivity contribution is 7.98. The number of rotatable bonds is 12. The molecule has 0 aromatic heterocycles. The van der Waals surface area contributed by atoms with Crippen LogP contribution in [0.25, 0.3) is 0 Å². The van der Waals surface area contributed by atoms with Crippen molar-refractivity contribution in [3.63, 3.8) is 0 Å². The number of amides is 1. The predicted octanol–water partition coefficient (Wildman–Crippen LogP) is 5.28. The van der Waals surface area contributed by atoms with Crippen LogP contribution < -0.4 is 19.1 Å². The Bertz CT molecular complexity index is 1250. The third-order valence-electron chi connectivity index (χ3n) is 5.44. The highest BCUT2D eigenvalue weighted by atomic mass is 32.2. The second kappa shape index (κ2) is 12.7. The Balaban J connectivity index is 1.90. The van der Waals surface area contributed by atoms with E-state index in [2.05, 4.69) is 5.32 Å². The van der Waals surface area contributed by atoms with Gasteiger partial charge in [0.25, 0.3) is 10.0 Å². The number of hydrogen-bond donors (Lipinski definition) is 1. The van der Waals surface area contributed by atoms with Crippen LogP contribution in [0.4, 0.5) is 5.69 Å². The minimum atomic E-state index is -4.06. The largest absolute Gasteiger partial charge is 0.494 e. The van der Waals surface area contributed by atoms with Crippen molar-refractivity contribution in [2.24, 2.45) is 0 Å². The molecule has 0 aliphatic heterocycles. The highest BCUT2D eigenvalue weighted by Crippen LogP contribution is 2.33. The summed E-state index contributed by atoms with van der Waals surface area (Å²) in [7, 11) is -4.06. The SMILES string of the molecule is CCOc1ccc([C@H](C)NC(=O)CN(c2ccccc2OCC)S(=O)(=O)c2ccc(SC)cc2)cc1.